The summed E-state index contributed by atoms with van der Waals surface area (Å²) >= 11 is 0. The fraction of sp³-hybridized carbons (Fsp3) is 0.836. The van der Waals surface area contributed by atoms with Gasteiger partial charge in [-0.1, -0.05) is 262 Å². The van der Waals surface area contributed by atoms with Crippen LogP contribution in [0.2, 0.25) is 0 Å². The molecule has 0 saturated heterocycles. The average Bonchev–Trinajstić information content (AvgIpc) is 3.33. The Bertz CT molecular complexity index is 1130. The van der Waals surface area contributed by atoms with Gasteiger partial charge in [-0.05, 0) is 77.0 Å². The lowest BCUT2D eigenvalue weighted by molar-refractivity contribution is -0.143. The zero-order valence-electron chi connectivity index (χ0n) is 44.6. The first-order valence-corrected chi connectivity index (χ1v) is 29.4. The molecule has 0 spiro atoms. The van der Waals surface area contributed by atoms with Crippen molar-refractivity contribution in [3.63, 3.8) is 0 Å². The molecule has 67 heavy (non-hydrogen) atoms. The van der Waals surface area contributed by atoms with Gasteiger partial charge in [0.25, 0.3) is 0 Å². The minimum absolute atomic E-state index is 0.0309. The van der Waals surface area contributed by atoms with E-state index in [0.29, 0.717) is 32.3 Å². The van der Waals surface area contributed by atoms with Gasteiger partial charge in [-0.3, -0.25) is 9.59 Å². The van der Waals surface area contributed by atoms with Crippen molar-refractivity contribution in [1.29, 1.82) is 0 Å². The van der Waals surface area contributed by atoms with Gasteiger partial charge in [-0.25, -0.2) is 0 Å². The Balaban J connectivity index is 3.55. The molecule has 0 bridgehead atoms. The molecule has 3 N–H and O–H groups in total. The van der Waals surface area contributed by atoms with Crippen molar-refractivity contribution in [3.8, 4) is 0 Å². The maximum absolute atomic E-state index is 12.5. The lowest BCUT2D eigenvalue weighted by Crippen LogP contribution is -2.45. The van der Waals surface area contributed by atoms with E-state index in [4.69, 9.17) is 4.74 Å². The molecular weight excluding hydrogens is 827 g/mol. The van der Waals surface area contributed by atoms with E-state index in [2.05, 4.69) is 61.7 Å². The first-order valence-electron chi connectivity index (χ1n) is 29.4. The van der Waals surface area contributed by atoms with E-state index in [1.165, 1.54) is 199 Å². The third kappa shape index (κ3) is 53.0. The van der Waals surface area contributed by atoms with Crippen LogP contribution in [0.1, 0.15) is 303 Å². The number of amides is 1. The third-order valence-electron chi connectivity index (χ3n) is 13.4. The van der Waals surface area contributed by atoms with E-state index in [-0.39, 0.29) is 18.5 Å². The van der Waals surface area contributed by atoms with Gasteiger partial charge < -0.3 is 20.3 Å². The molecule has 392 valence electrons. The van der Waals surface area contributed by atoms with Crippen LogP contribution in [0.3, 0.4) is 0 Å². The molecule has 0 aliphatic heterocycles. The Labute approximate surface area is 416 Å². The molecule has 0 radical (unpaired) electrons. The summed E-state index contributed by atoms with van der Waals surface area (Å²) in [5, 5.41) is 23.3. The SMILES string of the molecule is CCCCC/C=C\C/C=C\CCCCCCCC(=O)OCCCCCCCC/C=C\C/C=C\CCC(=O)NC(CO)C(O)CCCCCCCCCCCCCCCCCCCCCCCC. The van der Waals surface area contributed by atoms with E-state index >= 15 is 0 Å². The predicted octanol–water partition coefficient (Wildman–Crippen LogP) is 18.2. The number of hydrogen-bond donors (Lipinski definition) is 3. The van der Waals surface area contributed by atoms with Crippen LogP contribution in [0.4, 0.5) is 0 Å². The number of nitrogens with one attached hydrogen (secondary N) is 1. The average molecular weight is 941 g/mol. The normalized spacial score (nSPS) is 13.0. The zero-order chi connectivity index (χ0) is 48.6. The van der Waals surface area contributed by atoms with Crippen LogP contribution in [-0.2, 0) is 14.3 Å². The number of aliphatic hydroxyl groups is 2. The summed E-state index contributed by atoms with van der Waals surface area (Å²) in [7, 11) is 0. The second-order valence-electron chi connectivity index (χ2n) is 20.0. The maximum Gasteiger partial charge on any atom is 0.305 e. The molecule has 0 aromatic heterocycles. The smallest absolute Gasteiger partial charge is 0.305 e. The lowest BCUT2D eigenvalue weighted by atomic mass is 10.0. The minimum atomic E-state index is -0.702. The van der Waals surface area contributed by atoms with Crippen molar-refractivity contribution in [1.82, 2.24) is 5.32 Å². The molecule has 2 unspecified atom stereocenters. The zero-order valence-corrected chi connectivity index (χ0v) is 44.6. The topological polar surface area (TPSA) is 95.9 Å². The van der Waals surface area contributed by atoms with Crippen molar-refractivity contribution in [2.24, 2.45) is 0 Å². The molecule has 0 aromatic carbocycles. The van der Waals surface area contributed by atoms with Gasteiger partial charge in [0.1, 0.15) is 0 Å². The molecule has 0 saturated carbocycles. The van der Waals surface area contributed by atoms with Gasteiger partial charge in [-0.2, -0.15) is 0 Å². The Morgan fingerprint density at radius 1 is 0.418 bits per heavy atom. The molecule has 0 fully saturated rings. The Morgan fingerprint density at radius 2 is 0.761 bits per heavy atom. The van der Waals surface area contributed by atoms with Gasteiger partial charge in [0.05, 0.1) is 25.4 Å². The highest BCUT2D eigenvalue weighted by atomic mass is 16.5. The largest absolute Gasteiger partial charge is 0.466 e. The van der Waals surface area contributed by atoms with Crippen molar-refractivity contribution in [2.45, 2.75) is 315 Å². The van der Waals surface area contributed by atoms with E-state index in [1.54, 1.807) is 0 Å². The predicted molar refractivity (Wildman–Crippen MR) is 292 cm³/mol. The number of unbranched alkanes of at least 4 members (excludes halogenated alkanes) is 35. The highest BCUT2D eigenvalue weighted by molar-refractivity contribution is 5.76. The van der Waals surface area contributed by atoms with Gasteiger partial charge in [-0.15, -0.1) is 0 Å². The van der Waals surface area contributed by atoms with Crippen molar-refractivity contribution >= 4 is 11.9 Å². The second-order valence-corrected chi connectivity index (χ2v) is 20.0. The van der Waals surface area contributed by atoms with Crippen LogP contribution >= 0.6 is 0 Å². The molecule has 0 aromatic rings. The summed E-state index contributed by atoms with van der Waals surface area (Å²) in [6, 6.07) is -0.588. The molecule has 6 heteroatoms. The molecular formula is C61H113NO5. The number of carbonyl (C=O) groups excluding carboxylic acids is 2. The Hall–Kier alpha value is -2.18. The minimum Gasteiger partial charge on any atom is -0.466 e. The van der Waals surface area contributed by atoms with Crippen LogP contribution in [0.5, 0.6) is 0 Å². The van der Waals surface area contributed by atoms with Gasteiger partial charge in [0, 0.05) is 12.8 Å². The second kappa shape index (κ2) is 56.4. The number of ether oxygens (including phenoxy) is 1. The first-order chi connectivity index (χ1) is 33.0. The van der Waals surface area contributed by atoms with Gasteiger partial charge >= 0.3 is 5.97 Å². The number of allylic oxidation sites excluding steroid dienone is 8. The molecule has 1 amide bonds. The number of rotatable bonds is 54. The number of esters is 1. The van der Waals surface area contributed by atoms with E-state index < -0.39 is 12.1 Å². The van der Waals surface area contributed by atoms with Crippen LogP contribution in [0.25, 0.3) is 0 Å². The Kier molecular flexibility index (Phi) is 54.6. The number of aliphatic hydroxyl groups excluding tert-OH is 2. The molecule has 6 nitrogen and oxygen atoms in total. The van der Waals surface area contributed by atoms with E-state index in [1.807, 2.05) is 6.08 Å². The van der Waals surface area contributed by atoms with E-state index in [9.17, 15) is 19.8 Å². The van der Waals surface area contributed by atoms with Crippen LogP contribution < -0.4 is 5.32 Å². The maximum atomic E-state index is 12.5. The third-order valence-corrected chi connectivity index (χ3v) is 13.4. The molecule has 0 heterocycles. The summed E-state index contributed by atoms with van der Waals surface area (Å²) in [6.45, 7) is 4.87. The van der Waals surface area contributed by atoms with Gasteiger partial charge in [0.15, 0.2) is 0 Å². The highest BCUT2D eigenvalue weighted by Crippen LogP contribution is 2.17. The van der Waals surface area contributed by atoms with Crippen molar-refractivity contribution in [3.05, 3.63) is 48.6 Å². The summed E-state index contributed by atoms with van der Waals surface area (Å²) in [5.41, 5.74) is 0. The number of hydrogen-bond acceptors (Lipinski definition) is 5. The van der Waals surface area contributed by atoms with Crippen molar-refractivity contribution in [2.75, 3.05) is 13.2 Å². The molecule has 0 aliphatic carbocycles. The van der Waals surface area contributed by atoms with Crippen LogP contribution in [0.15, 0.2) is 48.6 Å². The fourth-order valence-corrected chi connectivity index (χ4v) is 8.84. The Morgan fingerprint density at radius 3 is 1.19 bits per heavy atom. The molecule has 0 rings (SSSR count). The molecule has 0 aliphatic rings. The fourth-order valence-electron chi connectivity index (χ4n) is 8.84. The van der Waals surface area contributed by atoms with Crippen LogP contribution in [-0.4, -0.2) is 47.4 Å². The summed E-state index contributed by atoms with van der Waals surface area (Å²) in [6.07, 6.45) is 71.1. The first kappa shape index (κ1) is 64.8. The summed E-state index contributed by atoms with van der Waals surface area (Å²) in [4.78, 5) is 24.5. The highest BCUT2D eigenvalue weighted by Gasteiger charge is 2.19. The van der Waals surface area contributed by atoms with E-state index in [0.717, 1.165) is 64.2 Å². The quantitative estimate of drug-likeness (QED) is 0.0321. The van der Waals surface area contributed by atoms with Crippen LogP contribution in [0, 0.1) is 0 Å². The van der Waals surface area contributed by atoms with Crippen molar-refractivity contribution < 1.29 is 24.5 Å². The summed E-state index contributed by atoms with van der Waals surface area (Å²) < 4.78 is 5.45. The monoisotopic (exact) mass is 940 g/mol. The lowest BCUT2D eigenvalue weighted by Gasteiger charge is -2.22. The standard InChI is InChI=1S/C61H113NO5/c1-3-5-7-9-11-13-15-17-19-20-21-22-23-24-25-27-29-33-37-41-45-49-53-59(64)58(57-63)62-60(65)54-50-46-42-38-34-30-28-32-36-40-44-48-52-56-67-61(66)55-51-47-43-39-35-31-26-18-16-14-12-10-8-6-4-2/h12,14,18,26,30,34,42,46,58-59,63-64H,3-11,13,15-17,19-25,27-29,31-33,35-41,43-45,47-57H2,1-2H3,(H,62,65)/b14-12-,26-18-,34-30-,46-42-. The van der Waals surface area contributed by atoms with Gasteiger partial charge in [0.2, 0.25) is 5.91 Å². The number of carbonyl (C=O) groups is 2. The summed E-state index contributed by atoms with van der Waals surface area (Å²) in [5.74, 6) is -0.146. The molecule has 2 atom stereocenters.